The van der Waals surface area contributed by atoms with Crippen LogP contribution in [0.5, 0.6) is 0 Å². The largest absolute Gasteiger partial charge is 0.481 e. The van der Waals surface area contributed by atoms with E-state index in [1.165, 1.54) is 0 Å². The Morgan fingerprint density at radius 3 is 2.62 bits per heavy atom. The van der Waals surface area contributed by atoms with Gasteiger partial charge in [0.05, 0.1) is 12.5 Å². The van der Waals surface area contributed by atoms with Crippen LogP contribution in [-0.4, -0.2) is 41.0 Å². The van der Waals surface area contributed by atoms with Gasteiger partial charge in [0.2, 0.25) is 5.91 Å². The van der Waals surface area contributed by atoms with Crippen molar-refractivity contribution in [2.75, 3.05) is 13.1 Å². The molecule has 2 atom stereocenters. The van der Waals surface area contributed by atoms with E-state index in [-0.39, 0.29) is 18.5 Å². The molecular formula is C8H14N2O3. The summed E-state index contributed by atoms with van der Waals surface area (Å²) in [7, 11) is 0. The number of carboxylic acid groups (broad SMARTS) is 1. The van der Waals surface area contributed by atoms with E-state index in [0.717, 1.165) is 0 Å². The third kappa shape index (κ3) is 1.80. The summed E-state index contributed by atoms with van der Waals surface area (Å²) >= 11 is 0. The smallest absolute Gasteiger partial charge is 0.308 e. The second-order valence-electron chi connectivity index (χ2n) is 3.27. The molecule has 0 spiro atoms. The van der Waals surface area contributed by atoms with Crippen molar-refractivity contribution in [3.8, 4) is 0 Å². The summed E-state index contributed by atoms with van der Waals surface area (Å²) in [6.45, 7) is 2.21. The van der Waals surface area contributed by atoms with Crippen LogP contribution in [0.25, 0.3) is 0 Å². The first-order valence-corrected chi connectivity index (χ1v) is 4.30. The normalized spacial score (nSPS) is 27.7. The van der Waals surface area contributed by atoms with Gasteiger partial charge in [0, 0.05) is 12.6 Å². The molecule has 0 radical (unpaired) electrons. The molecule has 74 valence electrons. The molecule has 3 N–H and O–H groups in total. The Kier molecular flexibility index (Phi) is 2.87. The van der Waals surface area contributed by atoms with Gasteiger partial charge in [0.25, 0.3) is 0 Å². The molecule has 1 rings (SSSR count). The lowest BCUT2D eigenvalue weighted by molar-refractivity contribution is -0.142. The van der Waals surface area contributed by atoms with Crippen molar-refractivity contribution in [2.45, 2.75) is 19.4 Å². The molecule has 0 aromatic heterocycles. The lowest BCUT2D eigenvalue weighted by atomic mass is 10.0. The molecule has 5 nitrogen and oxygen atoms in total. The first-order valence-electron chi connectivity index (χ1n) is 4.30. The standard InChI is InChI=1S/C8H14N2O3/c1-5-6(8(12)13)2-3-10(5)7(11)4-9/h5-6H,2-4,9H2,1H3,(H,12,13). The van der Waals surface area contributed by atoms with Crippen molar-refractivity contribution < 1.29 is 14.7 Å². The maximum atomic E-state index is 11.2. The summed E-state index contributed by atoms with van der Waals surface area (Å²) in [5.74, 6) is -1.44. The van der Waals surface area contributed by atoms with E-state index in [1.807, 2.05) is 0 Å². The van der Waals surface area contributed by atoms with E-state index in [1.54, 1.807) is 11.8 Å². The minimum absolute atomic E-state index is 0.0450. The van der Waals surface area contributed by atoms with E-state index in [0.29, 0.717) is 13.0 Å². The quantitative estimate of drug-likeness (QED) is 0.595. The molecule has 13 heavy (non-hydrogen) atoms. The van der Waals surface area contributed by atoms with Gasteiger partial charge < -0.3 is 15.7 Å². The zero-order chi connectivity index (χ0) is 10.0. The second kappa shape index (κ2) is 3.74. The van der Waals surface area contributed by atoms with Crippen LogP contribution in [-0.2, 0) is 9.59 Å². The summed E-state index contributed by atoms with van der Waals surface area (Å²) in [6.07, 6.45) is 0.530. The van der Waals surface area contributed by atoms with Crippen molar-refractivity contribution in [1.82, 2.24) is 4.90 Å². The van der Waals surface area contributed by atoms with Gasteiger partial charge in [0.15, 0.2) is 0 Å². The average Bonchev–Trinajstić information content (AvgIpc) is 2.46. The Balaban J connectivity index is 2.65. The summed E-state index contributed by atoms with van der Waals surface area (Å²) in [5, 5.41) is 8.79. The Labute approximate surface area is 76.5 Å². The predicted molar refractivity (Wildman–Crippen MR) is 46.0 cm³/mol. The predicted octanol–water partition coefficient (Wildman–Crippen LogP) is -0.733. The minimum Gasteiger partial charge on any atom is -0.481 e. The number of likely N-dealkylation sites (tertiary alicyclic amines) is 1. The van der Waals surface area contributed by atoms with Crippen LogP contribution in [0.2, 0.25) is 0 Å². The number of carboxylic acids is 1. The topological polar surface area (TPSA) is 83.6 Å². The van der Waals surface area contributed by atoms with E-state index >= 15 is 0 Å². The molecule has 0 bridgehead atoms. The number of amides is 1. The van der Waals surface area contributed by atoms with E-state index in [4.69, 9.17) is 10.8 Å². The van der Waals surface area contributed by atoms with Crippen LogP contribution >= 0.6 is 0 Å². The fourth-order valence-electron chi connectivity index (χ4n) is 1.74. The lowest BCUT2D eigenvalue weighted by Crippen LogP contribution is -2.40. The number of hydrogen-bond acceptors (Lipinski definition) is 3. The molecule has 1 fully saturated rings. The first kappa shape index (κ1) is 9.98. The van der Waals surface area contributed by atoms with Gasteiger partial charge in [0.1, 0.15) is 0 Å². The van der Waals surface area contributed by atoms with Gasteiger partial charge in [-0.15, -0.1) is 0 Å². The van der Waals surface area contributed by atoms with Crippen LogP contribution in [0.1, 0.15) is 13.3 Å². The molecule has 0 aliphatic carbocycles. The molecule has 1 amide bonds. The van der Waals surface area contributed by atoms with E-state index in [2.05, 4.69) is 0 Å². The molecule has 2 unspecified atom stereocenters. The van der Waals surface area contributed by atoms with Crippen molar-refractivity contribution >= 4 is 11.9 Å². The van der Waals surface area contributed by atoms with Crippen LogP contribution in [0, 0.1) is 5.92 Å². The van der Waals surface area contributed by atoms with Gasteiger partial charge in [-0.25, -0.2) is 0 Å². The molecular weight excluding hydrogens is 172 g/mol. The average molecular weight is 186 g/mol. The lowest BCUT2D eigenvalue weighted by Gasteiger charge is -2.22. The minimum atomic E-state index is -0.833. The van der Waals surface area contributed by atoms with Crippen LogP contribution in [0.15, 0.2) is 0 Å². The Bertz CT molecular complexity index is 229. The molecule has 1 aliphatic rings. The second-order valence-corrected chi connectivity index (χ2v) is 3.27. The zero-order valence-corrected chi connectivity index (χ0v) is 7.56. The van der Waals surface area contributed by atoms with Gasteiger partial charge in [-0.05, 0) is 13.3 Å². The molecule has 0 saturated carbocycles. The van der Waals surface area contributed by atoms with Crippen molar-refractivity contribution in [3.63, 3.8) is 0 Å². The zero-order valence-electron chi connectivity index (χ0n) is 7.56. The number of carbonyl (C=O) groups excluding carboxylic acids is 1. The van der Waals surface area contributed by atoms with Crippen LogP contribution in [0.3, 0.4) is 0 Å². The molecule has 5 heteroatoms. The molecule has 0 aromatic carbocycles. The van der Waals surface area contributed by atoms with E-state index < -0.39 is 11.9 Å². The number of hydrogen-bond donors (Lipinski definition) is 2. The third-order valence-corrected chi connectivity index (χ3v) is 2.57. The molecule has 1 saturated heterocycles. The first-order chi connectivity index (χ1) is 6.07. The highest BCUT2D eigenvalue weighted by atomic mass is 16.4. The number of nitrogens with zero attached hydrogens (tertiary/aromatic N) is 1. The number of aliphatic carboxylic acids is 1. The third-order valence-electron chi connectivity index (χ3n) is 2.57. The summed E-state index contributed by atoms with van der Waals surface area (Å²) in [5.41, 5.74) is 5.20. The SMILES string of the molecule is CC1C(C(=O)O)CCN1C(=O)CN. The van der Waals surface area contributed by atoms with Gasteiger partial charge in [-0.3, -0.25) is 9.59 Å². The summed E-state index contributed by atoms with van der Waals surface area (Å²) in [4.78, 5) is 23.4. The van der Waals surface area contributed by atoms with Crippen molar-refractivity contribution in [1.29, 1.82) is 0 Å². The van der Waals surface area contributed by atoms with E-state index in [9.17, 15) is 9.59 Å². The highest BCUT2D eigenvalue weighted by Crippen LogP contribution is 2.23. The Hall–Kier alpha value is -1.10. The monoisotopic (exact) mass is 186 g/mol. The fraction of sp³-hybridized carbons (Fsp3) is 0.750. The summed E-state index contributed by atoms with van der Waals surface area (Å²) < 4.78 is 0. The van der Waals surface area contributed by atoms with Gasteiger partial charge in [-0.2, -0.15) is 0 Å². The highest BCUT2D eigenvalue weighted by Gasteiger charge is 2.37. The maximum absolute atomic E-state index is 11.2. The summed E-state index contributed by atoms with van der Waals surface area (Å²) in [6, 6.07) is -0.228. The van der Waals surface area contributed by atoms with Gasteiger partial charge in [-0.1, -0.05) is 0 Å². The maximum Gasteiger partial charge on any atom is 0.308 e. The number of nitrogens with two attached hydrogens (primary N) is 1. The number of carbonyl (C=O) groups is 2. The van der Waals surface area contributed by atoms with Crippen LogP contribution < -0.4 is 5.73 Å². The fourth-order valence-corrected chi connectivity index (χ4v) is 1.74. The van der Waals surface area contributed by atoms with Crippen molar-refractivity contribution in [3.05, 3.63) is 0 Å². The van der Waals surface area contributed by atoms with Crippen molar-refractivity contribution in [2.24, 2.45) is 11.7 Å². The molecule has 1 aliphatic heterocycles. The Morgan fingerprint density at radius 1 is 1.62 bits per heavy atom. The number of rotatable bonds is 2. The molecule has 1 heterocycles. The highest BCUT2D eigenvalue weighted by molar-refractivity contribution is 5.80. The van der Waals surface area contributed by atoms with Gasteiger partial charge >= 0.3 is 5.97 Å². The molecule has 0 aromatic rings. The Morgan fingerprint density at radius 2 is 2.23 bits per heavy atom. The van der Waals surface area contributed by atoms with Crippen LogP contribution in [0.4, 0.5) is 0 Å².